The van der Waals surface area contributed by atoms with Crippen LogP contribution in [0.25, 0.3) is 0 Å². The maximum atomic E-state index is 12.5. The molecule has 0 aliphatic rings. The molecule has 0 aliphatic carbocycles. The van der Waals surface area contributed by atoms with Gasteiger partial charge in [-0.25, -0.2) is 0 Å². The molecule has 0 fully saturated rings. The third kappa shape index (κ3) is 5.43. The van der Waals surface area contributed by atoms with Gasteiger partial charge in [0.05, 0.1) is 18.9 Å². The van der Waals surface area contributed by atoms with Crippen LogP contribution in [0.1, 0.15) is 18.9 Å². The van der Waals surface area contributed by atoms with Crippen LogP contribution in [0.5, 0.6) is 5.75 Å². The molecule has 2 aromatic rings. The molecule has 0 unspecified atom stereocenters. The Hall–Kier alpha value is -2.82. The Labute approximate surface area is 141 Å². The first-order chi connectivity index (χ1) is 11.6. The SMILES string of the molecule is CCOc1ccc(NC(=O)[C@H](CC(=O)O)Cc2ccccc2)cc1. The average molecular weight is 327 g/mol. The normalized spacial score (nSPS) is 11.5. The van der Waals surface area contributed by atoms with Gasteiger partial charge in [-0.15, -0.1) is 0 Å². The Morgan fingerprint density at radius 1 is 1.08 bits per heavy atom. The van der Waals surface area contributed by atoms with E-state index in [-0.39, 0.29) is 12.3 Å². The second-order valence-electron chi connectivity index (χ2n) is 5.43. The molecular formula is C19H21NO4. The van der Waals surface area contributed by atoms with Crippen molar-refractivity contribution < 1.29 is 19.4 Å². The van der Waals surface area contributed by atoms with E-state index in [2.05, 4.69) is 5.32 Å². The Balaban J connectivity index is 2.05. The zero-order valence-electron chi connectivity index (χ0n) is 13.6. The van der Waals surface area contributed by atoms with Crippen LogP contribution >= 0.6 is 0 Å². The lowest BCUT2D eigenvalue weighted by Crippen LogP contribution is -2.27. The lowest BCUT2D eigenvalue weighted by Gasteiger charge is -2.15. The van der Waals surface area contributed by atoms with Crippen LogP contribution in [0.15, 0.2) is 54.6 Å². The molecule has 5 nitrogen and oxygen atoms in total. The Kier molecular flexibility index (Phi) is 6.37. The summed E-state index contributed by atoms with van der Waals surface area (Å²) in [5.74, 6) is -1.19. The minimum absolute atomic E-state index is 0.211. The molecule has 0 aliphatic heterocycles. The molecule has 1 amide bonds. The van der Waals surface area contributed by atoms with E-state index in [9.17, 15) is 9.59 Å². The molecule has 2 N–H and O–H groups in total. The van der Waals surface area contributed by atoms with Crippen LogP contribution in [0.3, 0.4) is 0 Å². The second kappa shape index (κ2) is 8.72. The zero-order valence-corrected chi connectivity index (χ0v) is 13.6. The van der Waals surface area contributed by atoms with Crippen LogP contribution in [-0.4, -0.2) is 23.6 Å². The summed E-state index contributed by atoms with van der Waals surface area (Å²) >= 11 is 0. The molecule has 126 valence electrons. The number of carbonyl (C=O) groups excluding carboxylic acids is 1. The Bertz CT molecular complexity index is 668. The van der Waals surface area contributed by atoms with Crippen molar-refractivity contribution in [1.29, 1.82) is 0 Å². The highest BCUT2D eigenvalue weighted by Gasteiger charge is 2.22. The lowest BCUT2D eigenvalue weighted by molar-refractivity contribution is -0.140. The van der Waals surface area contributed by atoms with E-state index in [4.69, 9.17) is 9.84 Å². The number of carboxylic acid groups (broad SMARTS) is 1. The third-order valence-corrected chi connectivity index (χ3v) is 3.55. The quantitative estimate of drug-likeness (QED) is 0.779. The van der Waals surface area contributed by atoms with Crippen molar-refractivity contribution in [2.24, 2.45) is 5.92 Å². The number of carbonyl (C=O) groups is 2. The van der Waals surface area contributed by atoms with Gasteiger partial charge in [0.15, 0.2) is 0 Å². The molecule has 0 aromatic heterocycles. The van der Waals surface area contributed by atoms with E-state index < -0.39 is 11.9 Å². The van der Waals surface area contributed by atoms with Crippen LogP contribution < -0.4 is 10.1 Å². The van der Waals surface area contributed by atoms with Gasteiger partial charge < -0.3 is 15.2 Å². The standard InChI is InChI=1S/C19H21NO4/c1-2-24-17-10-8-16(9-11-17)20-19(23)15(13-18(21)22)12-14-6-4-3-5-7-14/h3-11,15H,2,12-13H2,1H3,(H,20,23)(H,21,22)/t15-/m0/s1. The molecule has 2 aromatic carbocycles. The number of hydrogen-bond acceptors (Lipinski definition) is 3. The molecule has 0 saturated carbocycles. The summed E-state index contributed by atoms with van der Waals surface area (Å²) in [6.45, 7) is 2.47. The van der Waals surface area contributed by atoms with Gasteiger partial charge in [0.2, 0.25) is 5.91 Å². The van der Waals surface area contributed by atoms with E-state index in [1.807, 2.05) is 37.3 Å². The van der Waals surface area contributed by atoms with Crippen molar-refractivity contribution in [3.05, 3.63) is 60.2 Å². The summed E-state index contributed by atoms with van der Waals surface area (Å²) in [6, 6.07) is 16.4. The zero-order chi connectivity index (χ0) is 17.4. The van der Waals surface area contributed by atoms with Gasteiger partial charge in [-0.05, 0) is 43.2 Å². The van der Waals surface area contributed by atoms with Crippen LogP contribution in [0, 0.1) is 5.92 Å². The summed E-state index contributed by atoms with van der Waals surface area (Å²) in [5, 5.41) is 11.9. The van der Waals surface area contributed by atoms with Crippen molar-refractivity contribution in [3.8, 4) is 5.75 Å². The maximum absolute atomic E-state index is 12.5. The first-order valence-corrected chi connectivity index (χ1v) is 7.88. The van der Waals surface area contributed by atoms with Gasteiger partial charge in [0.25, 0.3) is 0 Å². The van der Waals surface area contributed by atoms with Crippen LogP contribution in [0.2, 0.25) is 0 Å². The molecule has 0 spiro atoms. The van der Waals surface area contributed by atoms with Gasteiger partial charge >= 0.3 is 5.97 Å². The topological polar surface area (TPSA) is 75.6 Å². The second-order valence-corrected chi connectivity index (χ2v) is 5.43. The number of nitrogens with one attached hydrogen (secondary N) is 1. The predicted octanol–water partition coefficient (Wildman–Crippen LogP) is 3.36. The number of carboxylic acids is 1. The summed E-state index contributed by atoms with van der Waals surface area (Å²) in [6.07, 6.45) is 0.174. The number of benzene rings is 2. The molecule has 0 radical (unpaired) electrons. The highest BCUT2D eigenvalue weighted by Crippen LogP contribution is 2.19. The maximum Gasteiger partial charge on any atom is 0.304 e. The fraction of sp³-hybridized carbons (Fsp3) is 0.263. The van der Waals surface area contributed by atoms with E-state index in [0.29, 0.717) is 18.7 Å². The number of ether oxygens (including phenoxy) is 1. The number of hydrogen-bond donors (Lipinski definition) is 2. The van der Waals surface area contributed by atoms with Crippen molar-refractivity contribution in [2.75, 3.05) is 11.9 Å². The fourth-order valence-corrected chi connectivity index (χ4v) is 2.41. The van der Waals surface area contributed by atoms with Gasteiger partial charge in [0.1, 0.15) is 5.75 Å². The van der Waals surface area contributed by atoms with E-state index in [1.54, 1.807) is 24.3 Å². The summed E-state index contributed by atoms with van der Waals surface area (Å²) in [7, 11) is 0. The van der Waals surface area contributed by atoms with Crippen molar-refractivity contribution >= 4 is 17.6 Å². The Morgan fingerprint density at radius 3 is 2.33 bits per heavy atom. The van der Waals surface area contributed by atoms with Crippen LogP contribution in [0.4, 0.5) is 5.69 Å². The molecule has 0 bridgehead atoms. The van der Waals surface area contributed by atoms with Crippen molar-refractivity contribution in [3.63, 3.8) is 0 Å². The minimum atomic E-state index is -0.988. The van der Waals surface area contributed by atoms with Crippen LogP contribution in [-0.2, 0) is 16.0 Å². The monoisotopic (exact) mass is 327 g/mol. The van der Waals surface area contributed by atoms with E-state index in [1.165, 1.54) is 0 Å². The number of aliphatic carboxylic acids is 1. The molecular weight excluding hydrogens is 306 g/mol. The van der Waals surface area contributed by atoms with E-state index >= 15 is 0 Å². The largest absolute Gasteiger partial charge is 0.494 e. The molecule has 2 rings (SSSR count). The number of rotatable bonds is 8. The van der Waals surface area contributed by atoms with E-state index in [0.717, 1.165) is 11.3 Å². The predicted molar refractivity (Wildman–Crippen MR) is 92.1 cm³/mol. The fourth-order valence-electron chi connectivity index (χ4n) is 2.41. The summed E-state index contributed by atoms with van der Waals surface area (Å²) < 4.78 is 5.35. The average Bonchev–Trinajstić information content (AvgIpc) is 2.57. The molecule has 24 heavy (non-hydrogen) atoms. The van der Waals surface area contributed by atoms with Gasteiger partial charge in [-0.3, -0.25) is 9.59 Å². The number of anilines is 1. The van der Waals surface area contributed by atoms with Gasteiger partial charge in [-0.2, -0.15) is 0 Å². The first kappa shape index (κ1) is 17.5. The highest BCUT2D eigenvalue weighted by molar-refractivity contribution is 5.94. The molecule has 5 heteroatoms. The highest BCUT2D eigenvalue weighted by atomic mass is 16.5. The summed E-state index contributed by atoms with van der Waals surface area (Å²) in [5.41, 5.74) is 1.55. The molecule has 0 heterocycles. The Morgan fingerprint density at radius 2 is 1.75 bits per heavy atom. The molecule has 1 atom stereocenters. The van der Waals surface area contributed by atoms with Gasteiger partial charge in [-0.1, -0.05) is 30.3 Å². The van der Waals surface area contributed by atoms with Crippen molar-refractivity contribution in [2.45, 2.75) is 19.8 Å². The minimum Gasteiger partial charge on any atom is -0.494 e. The van der Waals surface area contributed by atoms with Crippen molar-refractivity contribution in [1.82, 2.24) is 0 Å². The first-order valence-electron chi connectivity index (χ1n) is 7.88. The molecule has 0 saturated heterocycles. The smallest absolute Gasteiger partial charge is 0.304 e. The van der Waals surface area contributed by atoms with Gasteiger partial charge in [0, 0.05) is 5.69 Å². The number of amides is 1. The third-order valence-electron chi connectivity index (χ3n) is 3.55. The summed E-state index contributed by atoms with van der Waals surface area (Å²) in [4.78, 5) is 23.5. The lowest BCUT2D eigenvalue weighted by atomic mass is 9.95.